The third-order valence-corrected chi connectivity index (χ3v) is 3.49. The van der Waals surface area contributed by atoms with E-state index < -0.39 is 5.91 Å². The molecule has 1 saturated heterocycles. The summed E-state index contributed by atoms with van der Waals surface area (Å²) in [6.45, 7) is 1.36. The number of amides is 1. The molecule has 1 atom stereocenters. The highest BCUT2D eigenvalue weighted by molar-refractivity contribution is 7.80. The molecule has 0 unspecified atom stereocenters. The summed E-state index contributed by atoms with van der Waals surface area (Å²) in [5, 5.41) is 13.2. The molecule has 1 fully saturated rings. The topological polar surface area (TPSA) is 82.6 Å². The minimum atomic E-state index is -0.531. The largest absolute Gasteiger partial charge is 0.507 e. The molecule has 0 aliphatic carbocycles. The number of carbonyl (C=O) groups excluding carboxylic acids is 1. The number of ether oxygens (including phenoxy) is 1. The lowest BCUT2D eigenvalue weighted by Gasteiger charge is -2.14. The van der Waals surface area contributed by atoms with Crippen LogP contribution < -0.4 is 16.2 Å². The maximum absolute atomic E-state index is 11.9. The number of hydrogen-bond acceptors (Lipinski definition) is 4. The zero-order valence-corrected chi connectivity index (χ0v) is 12.8. The molecule has 1 aliphatic rings. The highest BCUT2D eigenvalue weighted by Crippen LogP contribution is 2.20. The first-order valence-electron chi connectivity index (χ1n) is 6.50. The Labute approximate surface area is 132 Å². The van der Waals surface area contributed by atoms with E-state index in [-0.39, 0.29) is 22.5 Å². The number of rotatable bonds is 3. The summed E-state index contributed by atoms with van der Waals surface area (Å²) < 4.78 is 5.44. The van der Waals surface area contributed by atoms with Crippen LogP contribution in [0.25, 0.3) is 0 Å². The van der Waals surface area contributed by atoms with Crippen LogP contribution in [-0.4, -0.2) is 35.4 Å². The second-order valence-corrected chi connectivity index (χ2v) is 5.43. The molecule has 2 rings (SSSR count). The highest BCUT2D eigenvalue weighted by Gasteiger charge is 2.16. The number of hydrogen-bond donors (Lipinski definition) is 4. The molecule has 114 valence electrons. The molecule has 0 saturated carbocycles. The van der Waals surface area contributed by atoms with Gasteiger partial charge in [-0.25, -0.2) is 0 Å². The second-order valence-electron chi connectivity index (χ2n) is 4.59. The van der Waals surface area contributed by atoms with Gasteiger partial charge in [0.25, 0.3) is 5.91 Å². The van der Waals surface area contributed by atoms with Crippen molar-refractivity contribution in [3.05, 3.63) is 28.8 Å². The van der Waals surface area contributed by atoms with Gasteiger partial charge < -0.3 is 15.2 Å². The first-order valence-corrected chi connectivity index (χ1v) is 7.29. The molecule has 0 radical (unpaired) electrons. The van der Waals surface area contributed by atoms with Gasteiger partial charge in [-0.05, 0) is 43.3 Å². The van der Waals surface area contributed by atoms with Crippen molar-refractivity contribution >= 4 is 34.8 Å². The van der Waals surface area contributed by atoms with Crippen LogP contribution in [0.1, 0.15) is 23.2 Å². The standard InChI is InChI=1S/C13H16ClN3O3S/c14-8-3-4-11(18)10(6-8)12(19)16-17-13(21)15-7-9-2-1-5-20-9/h3-4,6,9,18H,1-2,5,7H2,(H,16,19)(H2,15,17,21)/t9-/m1/s1. The van der Waals surface area contributed by atoms with Crippen molar-refractivity contribution in [1.29, 1.82) is 0 Å². The molecule has 0 spiro atoms. The van der Waals surface area contributed by atoms with E-state index in [0.717, 1.165) is 19.4 Å². The number of nitrogens with one attached hydrogen (secondary N) is 3. The van der Waals surface area contributed by atoms with E-state index in [1.807, 2.05) is 0 Å². The van der Waals surface area contributed by atoms with Gasteiger partial charge in [-0.1, -0.05) is 11.6 Å². The molecule has 21 heavy (non-hydrogen) atoms. The molecule has 0 aromatic heterocycles. The average molecular weight is 330 g/mol. The minimum absolute atomic E-state index is 0.0666. The number of phenols is 1. The van der Waals surface area contributed by atoms with Crippen molar-refractivity contribution in [2.75, 3.05) is 13.2 Å². The maximum Gasteiger partial charge on any atom is 0.273 e. The Kier molecular flexibility index (Phi) is 5.60. The fourth-order valence-electron chi connectivity index (χ4n) is 1.93. The first kappa shape index (κ1) is 15.8. The molecule has 6 nitrogen and oxygen atoms in total. The van der Waals surface area contributed by atoms with Crippen LogP contribution in [0, 0.1) is 0 Å². The average Bonchev–Trinajstić information content (AvgIpc) is 2.98. The summed E-state index contributed by atoms with van der Waals surface area (Å²) in [5.74, 6) is -0.687. The zero-order valence-electron chi connectivity index (χ0n) is 11.2. The summed E-state index contributed by atoms with van der Waals surface area (Å²) in [6, 6.07) is 4.22. The van der Waals surface area contributed by atoms with Crippen molar-refractivity contribution in [3.63, 3.8) is 0 Å². The van der Waals surface area contributed by atoms with Crippen molar-refractivity contribution in [2.45, 2.75) is 18.9 Å². The van der Waals surface area contributed by atoms with Gasteiger partial charge in [0.2, 0.25) is 0 Å². The lowest BCUT2D eigenvalue weighted by molar-refractivity contribution is 0.0940. The number of halogens is 1. The maximum atomic E-state index is 11.9. The Bertz CT molecular complexity index is 535. The quantitative estimate of drug-likeness (QED) is 0.495. The van der Waals surface area contributed by atoms with Crippen LogP contribution in [0.5, 0.6) is 5.75 Å². The van der Waals surface area contributed by atoms with Crippen LogP contribution in [0.3, 0.4) is 0 Å². The highest BCUT2D eigenvalue weighted by atomic mass is 35.5. The third kappa shape index (κ3) is 4.73. The molecule has 1 aromatic rings. The normalized spacial score (nSPS) is 17.3. The van der Waals surface area contributed by atoms with Gasteiger partial charge in [0.05, 0.1) is 11.7 Å². The summed E-state index contributed by atoms with van der Waals surface area (Å²) >= 11 is 10.8. The van der Waals surface area contributed by atoms with Crippen LogP contribution in [0.4, 0.5) is 0 Å². The van der Waals surface area contributed by atoms with E-state index >= 15 is 0 Å². The van der Waals surface area contributed by atoms with E-state index in [2.05, 4.69) is 16.2 Å². The number of phenolic OH excluding ortho intramolecular Hbond substituents is 1. The van der Waals surface area contributed by atoms with Crippen LogP contribution in [-0.2, 0) is 4.74 Å². The van der Waals surface area contributed by atoms with Gasteiger partial charge in [0, 0.05) is 18.2 Å². The van der Waals surface area contributed by atoms with Crippen LogP contribution >= 0.6 is 23.8 Å². The SMILES string of the molecule is O=C(NNC(=S)NC[C@H]1CCCO1)c1cc(Cl)ccc1O. The van der Waals surface area contributed by atoms with Gasteiger partial charge in [0.15, 0.2) is 5.11 Å². The second kappa shape index (κ2) is 7.44. The fourth-order valence-corrected chi connectivity index (χ4v) is 2.23. The van der Waals surface area contributed by atoms with Crippen molar-refractivity contribution in [2.24, 2.45) is 0 Å². The summed E-state index contributed by atoms with van der Waals surface area (Å²) in [4.78, 5) is 11.9. The predicted octanol–water partition coefficient (Wildman–Crippen LogP) is 1.33. The third-order valence-electron chi connectivity index (χ3n) is 3.01. The van der Waals surface area contributed by atoms with Crippen molar-refractivity contribution in [3.8, 4) is 5.75 Å². The lowest BCUT2D eigenvalue weighted by Crippen LogP contribution is -2.48. The van der Waals surface area contributed by atoms with Gasteiger partial charge in [0.1, 0.15) is 5.75 Å². The van der Waals surface area contributed by atoms with E-state index in [9.17, 15) is 9.90 Å². The summed E-state index contributed by atoms with van der Waals surface area (Å²) in [5.41, 5.74) is 5.02. The Morgan fingerprint density at radius 2 is 2.29 bits per heavy atom. The molecule has 1 heterocycles. The van der Waals surface area contributed by atoms with Gasteiger partial charge in [-0.3, -0.25) is 15.6 Å². The zero-order chi connectivity index (χ0) is 15.2. The molecule has 4 N–H and O–H groups in total. The van der Waals surface area contributed by atoms with Crippen LogP contribution in [0.2, 0.25) is 5.02 Å². The molecule has 1 aliphatic heterocycles. The van der Waals surface area contributed by atoms with E-state index in [1.165, 1.54) is 18.2 Å². The number of aromatic hydroxyl groups is 1. The van der Waals surface area contributed by atoms with E-state index in [1.54, 1.807) is 0 Å². The number of thiocarbonyl (C=S) groups is 1. The molecular weight excluding hydrogens is 314 g/mol. The van der Waals surface area contributed by atoms with Crippen molar-refractivity contribution in [1.82, 2.24) is 16.2 Å². The number of benzene rings is 1. The van der Waals surface area contributed by atoms with Gasteiger partial charge >= 0.3 is 0 Å². The van der Waals surface area contributed by atoms with E-state index in [0.29, 0.717) is 11.6 Å². The molecule has 0 bridgehead atoms. The summed E-state index contributed by atoms with van der Waals surface area (Å²) in [6.07, 6.45) is 2.20. The van der Waals surface area contributed by atoms with Gasteiger partial charge in [-0.15, -0.1) is 0 Å². The molecule has 1 aromatic carbocycles. The Balaban J connectivity index is 1.77. The number of carbonyl (C=O) groups is 1. The van der Waals surface area contributed by atoms with Crippen molar-refractivity contribution < 1.29 is 14.6 Å². The summed E-state index contributed by atoms with van der Waals surface area (Å²) in [7, 11) is 0. The first-order chi connectivity index (χ1) is 10.1. The van der Waals surface area contributed by atoms with Gasteiger partial charge in [-0.2, -0.15) is 0 Å². The monoisotopic (exact) mass is 329 g/mol. The molecular formula is C13H16ClN3O3S. The lowest BCUT2D eigenvalue weighted by atomic mass is 10.2. The smallest absolute Gasteiger partial charge is 0.273 e. The Morgan fingerprint density at radius 1 is 1.48 bits per heavy atom. The molecule has 1 amide bonds. The van der Waals surface area contributed by atoms with E-state index in [4.69, 9.17) is 28.6 Å². The fraction of sp³-hybridized carbons (Fsp3) is 0.385. The molecule has 8 heteroatoms. The minimum Gasteiger partial charge on any atom is -0.507 e. The Hall–Kier alpha value is -1.57. The van der Waals surface area contributed by atoms with Crippen LogP contribution in [0.15, 0.2) is 18.2 Å². The Morgan fingerprint density at radius 3 is 3.00 bits per heavy atom. The predicted molar refractivity (Wildman–Crippen MR) is 83.3 cm³/mol. The number of hydrazine groups is 1.